The smallest absolute Gasteiger partial charge is 0.290 e. The van der Waals surface area contributed by atoms with E-state index in [1.807, 2.05) is 43.3 Å². The molecular formula is C24H25N5O2S. The van der Waals surface area contributed by atoms with Crippen molar-refractivity contribution in [3.05, 3.63) is 81.6 Å². The van der Waals surface area contributed by atoms with E-state index in [1.165, 1.54) is 27.4 Å². The molecule has 0 fully saturated rings. The summed E-state index contributed by atoms with van der Waals surface area (Å²) in [4.78, 5) is 24.6. The monoisotopic (exact) mass is 447 g/mol. The zero-order valence-electron chi connectivity index (χ0n) is 18.3. The third-order valence-corrected chi connectivity index (χ3v) is 6.12. The molecule has 0 aliphatic rings. The summed E-state index contributed by atoms with van der Waals surface area (Å²) in [6, 6.07) is 17.9. The standard InChI is InChI=1S/C24H25N5O2S/c1-15(2)18-8-10-19(11-9-18)20-12-21-23(31)26-27-24(29(21)28-20)32-14-22(30)25-13-17-6-4-16(3)5-7-17/h4-12,15H,13-14H2,1-3H3,(H,25,30)(H,26,31). The van der Waals surface area contributed by atoms with Crippen molar-refractivity contribution in [1.29, 1.82) is 0 Å². The van der Waals surface area contributed by atoms with Gasteiger partial charge >= 0.3 is 0 Å². The molecule has 0 spiro atoms. The fourth-order valence-electron chi connectivity index (χ4n) is 3.25. The highest BCUT2D eigenvalue weighted by atomic mass is 32.2. The van der Waals surface area contributed by atoms with Crippen molar-refractivity contribution in [3.63, 3.8) is 0 Å². The highest BCUT2D eigenvalue weighted by Crippen LogP contribution is 2.24. The van der Waals surface area contributed by atoms with Crippen LogP contribution in [-0.4, -0.2) is 31.5 Å². The van der Waals surface area contributed by atoms with Crippen LogP contribution in [0, 0.1) is 6.92 Å². The summed E-state index contributed by atoms with van der Waals surface area (Å²) >= 11 is 1.23. The van der Waals surface area contributed by atoms with Gasteiger partial charge in [0.1, 0.15) is 5.52 Å². The molecule has 2 N–H and O–H groups in total. The zero-order chi connectivity index (χ0) is 22.7. The number of nitrogens with zero attached hydrogens (tertiary/aromatic N) is 3. The van der Waals surface area contributed by atoms with E-state index in [4.69, 9.17) is 0 Å². The van der Waals surface area contributed by atoms with Gasteiger partial charge in [-0.2, -0.15) is 5.10 Å². The number of aryl methyl sites for hydroxylation is 1. The lowest BCUT2D eigenvalue weighted by Gasteiger charge is -2.06. The summed E-state index contributed by atoms with van der Waals surface area (Å²) in [7, 11) is 0. The number of carbonyl (C=O) groups is 1. The Morgan fingerprint density at radius 2 is 1.84 bits per heavy atom. The van der Waals surface area contributed by atoms with Crippen LogP contribution in [0.25, 0.3) is 16.8 Å². The summed E-state index contributed by atoms with van der Waals surface area (Å²) in [5.74, 6) is 0.490. The third kappa shape index (κ3) is 4.91. The molecule has 1 amide bonds. The highest BCUT2D eigenvalue weighted by Gasteiger charge is 2.14. The maximum Gasteiger partial charge on any atom is 0.290 e. The second-order valence-electron chi connectivity index (χ2n) is 7.99. The van der Waals surface area contributed by atoms with Crippen LogP contribution in [0.4, 0.5) is 0 Å². The van der Waals surface area contributed by atoms with Gasteiger partial charge in [0.2, 0.25) is 11.1 Å². The predicted molar refractivity (Wildman–Crippen MR) is 127 cm³/mol. The van der Waals surface area contributed by atoms with E-state index in [-0.39, 0.29) is 17.2 Å². The molecule has 4 aromatic rings. The van der Waals surface area contributed by atoms with Gasteiger partial charge in [0, 0.05) is 12.1 Å². The average Bonchev–Trinajstić information content (AvgIpc) is 3.25. The van der Waals surface area contributed by atoms with Gasteiger partial charge in [-0.05, 0) is 30.0 Å². The first kappa shape index (κ1) is 21.8. The first-order chi connectivity index (χ1) is 15.4. The number of hydrogen-bond acceptors (Lipinski definition) is 5. The van der Waals surface area contributed by atoms with Crippen LogP contribution in [0.5, 0.6) is 0 Å². The first-order valence-corrected chi connectivity index (χ1v) is 11.4. The van der Waals surface area contributed by atoms with Crippen molar-refractivity contribution in [2.45, 2.75) is 38.4 Å². The molecule has 4 rings (SSSR count). The number of rotatable bonds is 7. The van der Waals surface area contributed by atoms with E-state index in [0.29, 0.717) is 28.8 Å². The van der Waals surface area contributed by atoms with Gasteiger partial charge in [-0.15, -0.1) is 5.10 Å². The fourth-order valence-corrected chi connectivity index (χ4v) is 3.99. The van der Waals surface area contributed by atoms with E-state index in [2.05, 4.69) is 46.6 Å². The Bertz CT molecular complexity index is 1290. The molecule has 2 aromatic heterocycles. The van der Waals surface area contributed by atoms with E-state index in [1.54, 1.807) is 6.07 Å². The van der Waals surface area contributed by atoms with Crippen molar-refractivity contribution >= 4 is 23.2 Å². The Balaban J connectivity index is 1.48. The lowest BCUT2D eigenvalue weighted by molar-refractivity contribution is -0.118. The molecule has 164 valence electrons. The predicted octanol–water partition coefficient (Wildman–Crippen LogP) is 3.92. The summed E-state index contributed by atoms with van der Waals surface area (Å²) in [6.45, 7) is 6.78. The molecule has 0 atom stereocenters. The number of benzene rings is 2. The van der Waals surface area contributed by atoms with Crippen molar-refractivity contribution in [2.24, 2.45) is 0 Å². The molecule has 0 aliphatic heterocycles. The molecule has 32 heavy (non-hydrogen) atoms. The van der Waals surface area contributed by atoms with Gasteiger partial charge in [-0.25, -0.2) is 9.61 Å². The zero-order valence-corrected chi connectivity index (χ0v) is 19.1. The minimum atomic E-state index is -0.323. The Kier molecular flexibility index (Phi) is 6.41. The third-order valence-electron chi connectivity index (χ3n) is 5.19. The molecule has 0 unspecified atom stereocenters. The number of hydrogen-bond donors (Lipinski definition) is 2. The van der Waals surface area contributed by atoms with Crippen LogP contribution in [0.15, 0.2) is 64.5 Å². The average molecular weight is 448 g/mol. The molecule has 2 aromatic carbocycles. The Hall–Kier alpha value is -3.39. The molecule has 7 nitrogen and oxygen atoms in total. The van der Waals surface area contributed by atoms with Gasteiger partial charge in [0.05, 0.1) is 11.4 Å². The van der Waals surface area contributed by atoms with Crippen molar-refractivity contribution in [2.75, 3.05) is 5.75 Å². The summed E-state index contributed by atoms with van der Waals surface area (Å²) in [6.07, 6.45) is 0. The topological polar surface area (TPSA) is 92.1 Å². The van der Waals surface area contributed by atoms with Crippen LogP contribution >= 0.6 is 11.8 Å². The largest absolute Gasteiger partial charge is 0.351 e. The van der Waals surface area contributed by atoms with Crippen molar-refractivity contribution in [3.8, 4) is 11.3 Å². The Morgan fingerprint density at radius 3 is 2.53 bits per heavy atom. The second kappa shape index (κ2) is 9.40. The van der Waals surface area contributed by atoms with Crippen molar-refractivity contribution in [1.82, 2.24) is 25.1 Å². The lowest BCUT2D eigenvalue weighted by Crippen LogP contribution is -2.25. The Morgan fingerprint density at radius 1 is 1.12 bits per heavy atom. The molecule has 0 saturated heterocycles. The minimum Gasteiger partial charge on any atom is -0.351 e. The van der Waals surface area contributed by atoms with Crippen LogP contribution in [0.1, 0.15) is 36.5 Å². The molecular weight excluding hydrogens is 422 g/mol. The lowest BCUT2D eigenvalue weighted by atomic mass is 10.0. The van der Waals surface area contributed by atoms with E-state index in [0.717, 1.165) is 11.1 Å². The van der Waals surface area contributed by atoms with E-state index in [9.17, 15) is 9.59 Å². The number of fused-ring (bicyclic) bond motifs is 1. The molecule has 0 saturated carbocycles. The number of aromatic amines is 1. The number of amides is 1. The highest BCUT2D eigenvalue weighted by molar-refractivity contribution is 7.99. The van der Waals surface area contributed by atoms with Crippen LogP contribution in [0.2, 0.25) is 0 Å². The van der Waals surface area contributed by atoms with Crippen molar-refractivity contribution < 1.29 is 4.79 Å². The second-order valence-corrected chi connectivity index (χ2v) is 8.93. The Labute approximate surface area is 190 Å². The molecule has 0 aliphatic carbocycles. The van der Waals surface area contributed by atoms with Crippen LogP contribution in [0.3, 0.4) is 0 Å². The normalized spacial score (nSPS) is 11.2. The first-order valence-electron chi connectivity index (χ1n) is 10.4. The van der Waals surface area contributed by atoms with Crippen LogP contribution < -0.4 is 10.9 Å². The van der Waals surface area contributed by atoms with E-state index < -0.39 is 0 Å². The SMILES string of the molecule is Cc1ccc(CNC(=O)CSc2n[nH]c(=O)c3cc(-c4ccc(C(C)C)cc4)nn23)cc1. The molecule has 0 radical (unpaired) electrons. The quantitative estimate of drug-likeness (QED) is 0.419. The van der Waals surface area contributed by atoms with Gasteiger partial charge in [-0.1, -0.05) is 79.7 Å². The number of carbonyl (C=O) groups excluding carboxylic acids is 1. The number of aromatic nitrogens is 4. The number of H-pyrrole nitrogens is 1. The summed E-state index contributed by atoms with van der Waals surface area (Å²) < 4.78 is 1.50. The van der Waals surface area contributed by atoms with Crippen LogP contribution in [-0.2, 0) is 11.3 Å². The van der Waals surface area contributed by atoms with Gasteiger partial charge < -0.3 is 5.32 Å². The molecule has 2 heterocycles. The number of nitrogens with one attached hydrogen (secondary N) is 2. The molecule has 0 bridgehead atoms. The van der Waals surface area contributed by atoms with Gasteiger partial charge in [-0.3, -0.25) is 9.59 Å². The minimum absolute atomic E-state index is 0.117. The maximum absolute atomic E-state index is 12.3. The summed E-state index contributed by atoms with van der Waals surface area (Å²) in [5, 5.41) is 14.5. The number of thioether (sulfide) groups is 1. The molecule has 8 heteroatoms. The summed E-state index contributed by atoms with van der Waals surface area (Å²) in [5.41, 5.74) is 5.14. The van der Waals surface area contributed by atoms with Gasteiger partial charge in [0.15, 0.2) is 0 Å². The maximum atomic E-state index is 12.3. The van der Waals surface area contributed by atoms with E-state index >= 15 is 0 Å². The fraction of sp³-hybridized carbons (Fsp3) is 0.250. The van der Waals surface area contributed by atoms with Gasteiger partial charge in [0.25, 0.3) is 5.56 Å².